The second kappa shape index (κ2) is 9.93. The zero-order valence-electron chi connectivity index (χ0n) is 19.4. The van der Waals surface area contributed by atoms with E-state index >= 15 is 0 Å². The summed E-state index contributed by atoms with van der Waals surface area (Å²) in [7, 11) is 0. The SMILES string of the molecule is C=CCN(CC)Cc1nnc2n1-c1c(cccc1C(F)(F)F)C(c1ccccc1)=NC2CCC. The van der Waals surface area contributed by atoms with Crippen LogP contribution < -0.4 is 0 Å². The van der Waals surface area contributed by atoms with Crippen molar-refractivity contribution in [2.45, 2.75) is 45.5 Å². The molecule has 2 aromatic carbocycles. The normalized spacial score (nSPS) is 15.5. The second-order valence-electron chi connectivity index (χ2n) is 8.27. The van der Waals surface area contributed by atoms with Crippen LogP contribution in [0.2, 0.25) is 0 Å². The fraction of sp³-hybridized carbons (Fsp3) is 0.346. The van der Waals surface area contributed by atoms with Gasteiger partial charge in [0.05, 0.1) is 23.5 Å². The van der Waals surface area contributed by atoms with E-state index < -0.39 is 17.8 Å². The first-order valence-electron chi connectivity index (χ1n) is 11.5. The predicted octanol–water partition coefficient (Wildman–Crippen LogP) is 5.99. The number of hydrogen-bond donors (Lipinski definition) is 0. The number of para-hydroxylation sites is 1. The number of aliphatic imine (C=N–C) groups is 1. The number of benzene rings is 2. The Kier molecular flexibility index (Phi) is 6.97. The Morgan fingerprint density at radius 1 is 1.06 bits per heavy atom. The van der Waals surface area contributed by atoms with E-state index in [0.717, 1.165) is 18.1 Å². The van der Waals surface area contributed by atoms with Crippen molar-refractivity contribution in [3.8, 4) is 5.69 Å². The quantitative estimate of drug-likeness (QED) is 0.383. The van der Waals surface area contributed by atoms with Crippen molar-refractivity contribution >= 4 is 5.71 Å². The van der Waals surface area contributed by atoms with E-state index in [0.29, 0.717) is 49.0 Å². The molecule has 0 N–H and O–H groups in total. The first-order chi connectivity index (χ1) is 16.4. The number of likely N-dealkylation sites (N-methyl/N-ethyl adjacent to an activating group) is 1. The lowest BCUT2D eigenvalue weighted by Crippen LogP contribution is -2.26. The summed E-state index contributed by atoms with van der Waals surface area (Å²) in [6.45, 7) is 9.46. The molecular formula is C26H28F3N5. The summed E-state index contributed by atoms with van der Waals surface area (Å²) in [5, 5.41) is 8.76. The molecule has 5 nitrogen and oxygen atoms in total. The van der Waals surface area contributed by atoms with Crippen molar-refractivity contribution in [1.29, 1.82) is 0 Å². The first kappa shape index (κ1) is 23.9. The van der Waals surface area contributed by atoms with Gasteiger partial charge in [0.1, 0.15) is 6.04 Å². The zero-order chi connectivity index (χ0) is 24.3. The van der Waals surface area contributed by atoms with Gasteiger partial charge >= 0.3 is 6.18 Å². The standard InChI is InChI=1S/C26H28F3N5/c1-4-11-21-25-32-31-22(17-33(6-3)16-5-2)34(25)24-19(14-10-15-20(24)26(27,28)29)23(30-21)18-12-8-7-9-13-18/h5,7-10,12-15,21H,2,4,6,11,16-17H2,1,3H3. The topological polar surface area (TPSA) is 46.3 Å². The molecule has 1 aliphatic rings. The molecule has 0 fully saturated rings. The maximum Gasteiger partial charge on any atom is 0.418 e. The molecule has 2 heterocycles. The van der Waals surface area contributed by atoms with Gasteiger partial charge in [-0.3, -0.25) is 14.5 Å². The molecule has 0 amide bonds. The van der Waals surface area contributed by atoms with Crippen molar-refractivity contribution in [3.05, 3.63) is 89.5 Å². The van der Waals surface area contributed by atoms with E-state index in [1.54, 1.807) is 16.7 Å². The molecule has 3 aromatic rings. The number of rotatable bonds is 8. The van der Waals surface area contributed by atoms with Crippen LogP contribution in [0.1, 0.15) is 61.1 Å². The third-order valence-corrected chi connectivity index (χ3v) is 5.97. The van der Waals surface area contributed by atoms with Crippen LogP contribution in [-0.4, -0.2) is 38.5 Å². The van der Waals surface area contributed by atoms with Gasteiger partial charge in [-0.2, -0.15) is 13.2 Å². The third-order valence-electron chi connectivity index (χ3n) is 5.97. The first-order valence-corrected chi connectivity index (χ1v) is 11.5. The van der Waals surface area contributed by atoms with Crippen molar-refractivity contribution in [3.63, 3.8) is 0 Å². The number of nitrogens with zero attached hydrogens (tertiary/aromatic N) is 5. The molecule has 1 unspecified atom stereocenters. The lowest BCUT2D eigenvalue weighted by molar-refractivity contribution is -0.137. The number of fused-ring (bicyclic) bond motifs is 3. The molecule has 0 bridgehead atoms. The van der Waals surface area contributed by atoms with Crippen molar-refractivity contribution in [1.82, 2.24) is 19.7 Å². The highest BCUT2D eigenvalue weighted by molar-refractivity contribution is 6.15. The molecule has 1 aromatic heterocycles. The monoisotopic (exact) mass is 467 g/mol. The van der Waals surface area contributed by atoms with E-state index in [4.69, 9.17) is 4.99 Å². The van der Waals surface area contributed by atoms with Crippen LogP contribution in [0.25, 0.3) is 5.69 Å². The molecule has 178 valence electrons. The fourth-order valence-electron chi connectivity index (χ4n) is 4.36. The molecule has 0 saturated heterocycles. The summed E-state index contributed by atoms with van der Waals surface area (Å²) >= 11 is 0. The highest BCUT2D eigenvalue weighted by Crippen LogP contribution is 2.40. The van der Waals surface area contributed by atoms with Crippen molar-refractivity contribution in [2.75, 3.05) is 13.1 Å². The summed E-state index contributed by atoms with van der Waals surface area (Å²) < 4.78 is 44.6. The van der Waals surface area contributed by atoms with E-state index in [1.165, 1.54) is 6.07 Å². The minimum Gasteiger partial charge on any atom is -0.293 e. The summed E-state index contributed by atoms with van der Waals surface area (Å²) in [6.07, 6.45) is -1.33. The lowest BCUT2D eigenvalue weighted by atomic mass is 9.97. The number of hydrogen-bond acceptors (Lipinski definition) is 4. The van der Waals surface area contributed by atoms with Gasteiger partial charge < -0.3 is 0 Å². The van der Waals surface area contributed by atoms with Gasteiger partial charge in [0.15, 0.2) is 11.6 Å². The summed E-state index contributed by atoms with van der Waals surface area (Å²) in [5.41, 5.74) is 1.05. The van der Waals surface area contributed by atoms with E-state index in [2.05, 4.69) is 21.7 Å². The molecule has 4 rings (SSSR count). The molecule has 1 aliphatic heterocycles. The molecular weight excluding hydrogens is 439 g/mol. The molecule has 0 aliphatic carbocycles. The Bertz CT molecular complexity index is 1180. The second-order valence-corrected chi connectivity index (χ2v) is 8.27. The van der Waals surface area contributed by atoms with E-state index in [1.807, 2.05) is 44.2 Å². The average molecular weight is 468 g/mol. The zero-order valence-corrected chi connectivity index (χ0v) is 19.4. The van der Waals surface area contributed by atoms with Crippen LogP contribution in [0.5, 0.6) is 0 Å². The summed E-state index contributed by atoms with van der Waals surface area (Å²) in [6, 6.07) is 13.2. The van der Waals surface area contributed by atoms with Crippen LogP contribution in [0.4, 0.5) is 13.2 Å². The highest BCUT2D eigenvalue weighted by atomic mass is 19.4. The van der Waals surface area contributed by atoms with Gasteiger partial charge in [-0.15, -0.1) is 16.8 Å². The van der Waals surface area contributed by atoms with Crippen LogP contribution >= 0.6 is 0 Å². The largest absolute Gasteiger partial charge is 0.418 e. The third kappa shape index (κ3) is 4.55. The minimum absolute atomic E-state index is 0.0425. The average Bonchev–Trinajstić information content (AvgIpc) is 3.18. The van der Waals surface area contributed by atoms with Gasteiger partial charge in [0, 0.05) is 17.7 Å². The van der Waals surface area contributed by atoms with Crippen LogP contribution in [0, 0.1) is 0 Å². The molecule has 0 spiro atoms. The maximum atomic E-state index is 14.3. The van der Waals surface area contributed by atoms with Gasteiger partial charge in [0.25, 0.3) is 0 Å². The van der Waals surface area contributed by atoms with Gasteiger partial charge in [-0.05, 0) is 19.0 Å². The van der Waals surface area contributed by atoms with Crippen LogP contribution in [-0.2, 0) is 12.7 Å². The Morgan fingerprint density at radius 3 is 2.47 bits per heavy atom. The lowest BCUT2D eigenvalue weighted by Gasteiger charge is -2.22. The molecule has 0 radical (unpaired) electrons. The summed E-state index contributed by atoms with van der Waals surface area (Å²) in [5.74, 6) is 0.901. The molecule has 34 heavy (non-hydrogen) atoms. The van der Waals surface area contributed by atoms with Gasteiger partial charge in [-0.25, -0.2) is 0 Å². The Hall–Kier alpha value is -3.26. The Balaban J connectivity index is 2.03. The van der Waals surface area contributed by atoms with Crippen LogP contribution in [0.15, 0.2) is 66.2 Å². The van der Waals surface area contributed by atoms with Gasteiger partial charge in [-0.1, -0.05) is 68.8 Å². The van der Waals surface area contributed by atoms with E-state index in [9.17, 15) is 13.2 Å². The fourth-order valence-corrected chi connectivity index (χ4v) is 4.36. The van der Waals surface area contributed by atoms with E-state index in [-0.39, 0.29) is 5.69 Å². The highest BCUT2D eigenvalue weighted by Gasteiger charge is 2.39. The van der Waals surface area contributed by atoms with Crippen molar-refractivity contribution < 1.29 is 13.2 Å². The number of alkyl halides is 3. The minimum atomic E-state index is -4.55. The maximum absolute atomic E-state index is 14.3. The molecule has 0 saturated carbocycles. The number of aromatic nitrogens is 3. The predicted molar refractivity (Wildman–Crippen MR) is 127 cm³/mol. The Labute approximate surface area is 197 Å². The van der Waals surface area contributed by atoms with Crippen LogP contribution in [0.3, 0.4) is 0 Å². The Morgan fingerprint density at radius 2 is 1.82 bits per heavy atom. The molecule has 8 heteroatoms. The number of halogens is 3. The molecule has 1 atom stereocenters. The smallest absolute Gasteiger partial charge is 0.293 e. The van der Waals surface area contributed by atoms with Gasteiger partial charge in [0.2, 0.25) is 0 Å². The van der Waals surface area contributed by atoms with Crippen molar-refractivity contribution in [2.24, 2.45) is 4.99 Å². The summed E-state index contributed by atoms with van der Waals surface area (Å²) in [4.78, 5) is 7.04.